The van der Waals surface area contributed by atoms with Gasteiger partial charge in [0.05, 0.1) is 19.6 Å². The number of hydrogen-bond donors (Lipinski definition) is 0. The second-order valence-corrected chi connectivity index (χ2v) is 20.0. The molecular formula is C28H24Na4O12P2S4. The average molecular weight is 835 g/mol. The molecule has 0 aliphatic carbocycles. The Bertz CT molecular complexity index is 1900. The van der Waals surface area contributed by atoms with Crippen molar-refractivity contribution in [3.8, 4) is 0 Å². The van der Waals surface area contributed by atoms with E-state index < -0.39 is 75.9 Å². The first-order valence-corrected chi connectivity index (χ1v) is 21.8. The summed E-state index contributed by atoms with van der Waals surface area (Å²) in [6, 6.07) is 21.3. The Morgan fingerprint density at radius 1 is 0.380 bits per heavy atom. The second-order valence-electron chi connectivity index (χ2n) is 9.82. The van der Waals surface area contributed by atoms with E-state index >= 15 is 0 Å². The predicted octanol–water partition coefficient (Wildman–Crippen LogP) is -10.3. The van der Waals surface area contributed by atoms with E-state index in [1.807, 2.05) is 0 Å². The minimum absolute atomic E-state index is 0. The fourth-order valence-corrected chi connectivity index (χ4v) is 12.0. The zero-order chi connectivity index (χ0) is 33.9. The molecule has 0 unspecified atom stereocenters. The minimum Gasteiger partial charge on any atom is -0.744 e. The number of rotatable bonds is 13. The SMILES string of the molecule is O=S(=O)([O-])c1cccc(P(CCCCP(c2cccc(S(=O)(=O)[O-])c2)c2cccc(S(=O)(=O)[O-])c2)c2cccc(S(=O)(=O)[O-])c2)c1.[Na+].[Na+].[Na+].[Na+]. The number of hydrogen-bond acceptors (Lipinski definition) is 12. The fraction of sp³-hybridized carbons (Fsp3) is 0.143. The van der Waals surface area contributed by atoms with Gasteiger partial charge in [-0.25, -0.2) is 33.7 Å². The van der Waals surface area contributed by atoms with Crippen molar-refractivity contribution in [3.05, 3.63) is 97.1 Å². The van der Waals surface area contributed by atoms with Crippen molar-refractivity contribution in [3.63, 3.8) is 0 Å². The number of unbranched alkanes of at least 4 members (excludes halogenated alkanes) is 1. The molecule has 0 heterocycles. The summed E-state index contributed by atoms with van der Waals surface area (Å²) < 4.78 is 141. The summed E-state index contributed by atoms with van der Waals surface area (Å²) in [6.07, 6.45) is 1.53. The van der Waals surface area contributed by atoms with Crippen LogP contribution in [-0.2, 0) is 40.5 Å². The van der Waals surface area contributed by atoms with Crippen molar-refractivity contribution in [1.82, 2.24) is 0 Å². The molecule has 50 heavy (non-hydrogen) atoms. The molecule has 4 rings (SSSR count). The van der Waals surface area contributed by atoms with Gasteiger partial charge >= 0.3 is 118 Å². The fourth-order valence-electron chi connectivity index (χ4n) is 4.58. The summed E-state index contributed by atoms with van der Waals surface area (Å²) in [7, 11) is -22.2. The van der Waals surface area contributed by atoms with Gasteiger partial charge < -0.3 is 18.2 Å². The van der Waals surface area contributed by atoms with Crippen LogP contribution in [0.25, 0.3) is 0 Å². The minimum atomic E-state index is -4.81. The third kappa shape index (κ3) is 14.8. The van der Waals surface area contributed by atoms with E-state index in [1.54, 1.807) is 24.3 Å². The van der Waals surface area contributed by atoms with Crippen molar-refractivity contribution in [2.45, 2.75) is 32.4 Å². The quantitative estimate of drug-likeness (QED) is 0.0530. The van der Waals surface area contributed by atoms with Crippen molar-refractivity contribution < 1.29 is 170 Å². The van der Waals surface area contributed by atoms with Gasteiger partial charge in [-0.2, -0.15) is 0 Å². The Morgan fingerprint density at radius 3 is 0.760 bits per heavy atom. The Kier molecular flexibility index (Phi) is 22.2. The van der Waals surface area contributed by atoms with Gasteiger partial charge in [-0.05, 0) is 111 Å². The summed E-state index contributed by atoms with van der Waals surface area (Å²) in [5, 5.41) is 1.76. The zero-order valence-corrected chi connectivity index (χ0v) is 40.5. The molecule has 0 spiro atoms. The monoisotopic (exact) mass is 834 g/mol. The molecule has 4 aromatic carbocycles. The van der Waals surface area contributed by atoms with E-state index in [1.165, 1.54) is 48.5 Å². The van der Waals surface area contributed by atoms with Crippen LogP contribution in [-0.4, -0.2) is 64.2 Å². The largest absolute Gasteiger partial charge is 1.00 e. The maximum absolute atomic E-state index is 11.7. The molecule has 0 aliphatic rings. The maximum Gasteiger partial charge on any atom is 1.00 e. The van der Waals surface area contributed by atoms with Gasteiger partial charge in [-0.3, -0.25) is 0 Å². The molecule has 4 aromatic rings. The van der Waals surface area contributed by atoms with Crippen LogP contribution in [0.1, 0.15) is 12.8 Å². The molecular weight excluding hydrogens is 810 g/mol. The van der Waals surface area contributed by atoms with Gasteiger partial charge in [-0.15, -0.1) is 0 Å². The summed E-state index contributed by atoms with van der Waals surface area (Å²) >= 11 is 0. The first-order chi connectivity index (χ1) is 21.3. The zero-order valence-electron chi connectivity index (χ0n) is 27.5. The average Bonchev–Trinajstić information content (AvgIpc) is 2.97. The van der Waals surface area contributed by atoms with Crippen molar-refractivity contribution in [2.24, 2.45) is 0 Å². The van der Waals surface area contributed by atoms with Gasteiger partial charge in [0.15, 0.2) is 0 Å². The van der Waals surface area contributed by atoms with Crippen LogP contribution >= 0.6 is 15.8 Å². The summed E-state index contributed by atoms with van der Waals surface area (Å²) in [6.45, 7) is 0. The van der Waals surface area contributed by atoms with Crippen molar-refractivity contribution in [1.29, 1.82) is 0 Å². The Labute approximate surface area is 383 Å². The van der Waals surface area contributed by atoms with E-state index in [0.29, 0.717) is 46.4 Å². The summed E-state index contributed by atoms with van der Waals surface area (Å²) in [5.41, 5.74) is 0. The Hall–Kier alpha value is 1.38. The standard InChI is InChI=1S/C28H28O12P2S4.4Na/c29-43(30,31)25-11-3-7-21(17-25)41(22-8-4-12-26(18-22)44(32,33)34)15-1-2-16-42(23-9-5-13-27(19-23)45(35,36)37)24-10-6-14-28(20-24)46(38,39)40;;;;/h3-14,17-20H,1-2,15-16H2,(H,29,30,31)(H,32,33,34)(H,35,36,37)(H,38,39,40);;;;/q;4*+1/p-4. The molecule has 0 saturated heterocycles. The third-order valence-electron chi connectivity index (χ3n) is 6.69. The molecule has 22 heteroatoms. The molecule has 0 aliphatic heterocycles. The topological polar surface area (TPSA) is 229 Å². The van der Waals surface area contributed by atoms with E-state index in [-0.39, 0.29) is 118 Å². The van der Waals surface area contributed by atoms with Gasteiger partial charge in [0, 0.05) is 0 Å². The molecule has 12 nitrogen and oxygen atoms in total. The molecule has 0 radical (unpaired) electrons. The molecule has 0 fully saturated rings. The Morgan fingerprint density at radius 2 is 0.580 bits per heavy atom. The van der Waals surface area contributed by atoms with E-state index in [9.17, 15) is 51.9 Å². The molecule has 0 bridgehead atoms. The van der Waals surface area contributed by atoms with Crippen molar-refractivity contribution in [2.75, 3.05) is 12.3 Å². The predicted molar refractivity (Wildman–Crippen MR) is 169 cm³/mol. The first kappa shape index (κ1) is 51.4. The van der Waals surface area contributed by atoms with Crippen LogP contribution in [0.4, 0.5) is 0 Å². The maximum atomic E-state index is 11.7. The third-order valence-corrected chi connectivity index (χ3v) is 15.1. The van der Waals surface area contributed by atoms with Crippen LogP contribution in [0.3, 0.4) is 0 Å². The first-order valence-electron chi connectivity index (χ1n) is 13.1. The van der Waals surface area contributed by atoms with Gasteiger partial charge in [0.25, 0.3) is 0 Å². The normalized spacial score (nSPS) is 11.9. The van der Waals surface area contributed by atoms with E-state index in [0.717, 1.165) is 24.3 Å². The molecule has 0 N–H and O–H groups in total. The summed E-state index contributed by atoms with van der Waals surface area (Å²) in [5.74, 6) is 0. The van der Waals surface area contributed by atoms with E-state index in [4.69, 9.17) is 0 Å². The van der Waals surface area contributed by atoms with Gasteiger partial charge in [0.2, 0.25) is 0 Å². The van der Waals surface area contributed by atoms with Crippen LogP contribution in [0.15, 0.2) is 117 Å². The van der Waals surface area contributed by atoms with Gasteiger partial charge in [-0.1, -0.05) is 48.5 Å². The van der Waals surface area contributed by atoms with E-state index in [2.05, 4.69) is 0 Å². The molecule has 0 amide bonds. The smallest absolute Gasteiger partial charge is 0.744 e. The van der Waals surface area contributed by atoms with Crippen LogP contribution in [0.2, 0.25) is 0 Å². The second kappa shape index (κ2) is 21.6. The molecule has 0 atom stereocenters. The van der Waals surface area contributed by atoms with Crippen LogP contribution < -0.4 is 139 Å². The van der Waals surface area contributed by atoms with Crippen molar-refractivity contribution >= 4 is 77.5 Å². The Balaban J connectivity index is 0.00000600. The molecule has 246 valence electrons. The van der Waals surface area contributed by atoms with Crippen LogP contribution in [0.5, 0.6) is 0 Å². The number of benzene rings is 4. The van der Waals surface area contributed by atoms with Crippen LogP contribution in [0, 0.1) is 0 Å². The summed E-state index contributed by atoms with van der Waals surface area (Å²) in [4.78, 5) is -1.91. The van der Waals surface area contributed by atoms with Gasteiger partial charge in [0.1, 0.15) is 40.5 Å². The molecule has 0 saturated carbocycles. The molecule has 0 aromatic heterocycles.